The van der Waals surface area contributed by atoms with Crippen molar-refractivity contribution in [3.05, 3.63) is 0 Å². The summed E-state index contributed by atoms with van der Waals surface area (Å²) < 4.78 is 0. The van der Waals surface area contributed by atoms with Gasteiger partial charge in [-0.3, -0.25) is 0 Å². The van der Waals surface area contributed by atoms with Gasteiger partial charge in [0.2, 0.25) is 0 Å². The van der Waals surface area contributed by atoms with Crippen LogP contribution < -0.4 is 56.6 Å². The molecule has 23 valence electrons. The summed E-state index contributed by atoms with van der Waals surface area (Å²) in [5.41, 5.74) is 0. The van der Waals surface area contributed by atoms with Gasteiger partial charge in [-0.25, -0.2) is 0 Å². The molecule has 0 amide bonds. The Bertz CT molecular complexity index is 14.5. The van der Waals surface area contributed by atoms with Crippen molar-refractivity contribution in [3.63, 3.8) is 0 Å². The SMILES string of the molecule is [AlH3].[Cu].[H-].[H-].[H-].[Li+].[Li+].[Li+]. The summed E-state index contributed by atoms with van der Waals surface area (Å²) in [7, 11) is 0. The molecule has 0 bridgehead atoms. The molecule has 0 rings (SSSR count). The zero-order chi connectivity index (χ0) is 0. The fraction of sp³-hybridized carbons (Fsp3) is 0. The molecule has 0 spiro atoms. The Morgan fingerprint density at radius 3 is 0.800 bits per heavy atom. The summed E-state index contributed by atoms with van der Waals surface area (Å²) in [6.07, 6.45) is 0. The zero-order valence-corrected chi connectivity index (χ0v) is 4.24. The van der Waals surface area contributed by atoms with Gasteiger partial charge in [0.1, 0.15) is 0 Å². The smallest absolute Gasteiger partial charge is 1.00 e. The van der Waals surface area contributed by atoms with Gasteiger partial charge in [0.15, 0.2) is 17.4 Å². The van der Waals surface area contributed by atoms with Gasteiger partial charge in [-0.05, 0) is 0 Å². The van der Waals surface area contributed by atoms with Crippen LogP contribution in [-0.2, 0) is 17.1 Å². The van der Waals surface area contributed by atoms with E-state index in [1.807, 2.05) is 0 Å². The molecule has 0 saturated heterocycles. The maximum Gasteiger partial charge on any atom is 1.00 e. The van der Waals surface area contributed by atoms with Gasteiger partial charge < -0.3 is 4.28 Å². The molecule has 0 N–H and O–H groups in total. The van der Waals surface area contributed by atoms with Gasteiger partial charge in [0.05, 0.1) is 0 Å². The molecule has 0 aliphatic heterocycles. The standard InChI is InChI=1S/Al.Cu.3Li.6H/q;;3*+1;;;;3*-1. The monoisotopic (exact) mass is 117 g/mol. The Morgan fingerprint density at radius 1 is 0.800 bits per heavy atom. The molecule has 0 unspecified atom stereocenters. The molecule has 0 atom stereocenters. The van der Waals surface area contributed by atoms with E-state index in [9.17, 15) is 0 Å². The van der Waals surface area contributed by atoms with Crippen molar-refractivity contribution < 1.29 is 77.9 Å². The molecule has 0 nitrogen and oxygen atoms in total. The molecule has 0 saturated carbocycles. The van der Waals surface area contributed by atoms with E-state index in [0.29, 0.717) is 0 Å². The minimum atomic E-state index is 0. The van der Waals surface area contributed by atoms with Gasteiger partial charge >= 0.3 is 56.6 Å². The fourth-order valence-corrected chi connectivity index (χ4v) is 0. The predicted octanol–water partition coefficient (Wildman–Crippen LogP) is -9.84. The zero-order valence-electron chi connectivity index (χ0n) is 6.30. The summed E-state index contributed by atoms with van der Waals surface area (Å²) in [6.45, 7) is 0. The van der Waals surface area contributed by atoms with E-state index in [2.05, 4.69) is 0 Å². The fourth-order valence-electron chi connectivity index (χ4n) is 0. The van der Waals surface area contributed by atoms with Crippen LogP contribution in [0.4, 0.5) is 0 Å². The third-order valence-corrected chi connectivity index (χ3v) is 0. The van der Waals surface area contributed by atoms with Crippen molar-refractivity contribution >= 4 is 17.4 Å². The third-order valence-electron chi connectivity index (χ3n) is 0. The van der Waals surface area contributed by atoms with Crippen LogP contribution in [0.25, 0.3) is 0 Å². The average molecular weight is 117 g/mol. The second-order valence-corrected chi connectivity index (χ2v) is 0. The second-order valence-electron chi connectivity index (χ2n) is 0. The molecule has 0 aliphatic carbocycles. The Labute approximate surface area is 94.2 Å². The molecule has 0 aliphatic rings. The molecule has 1 radical (unpaired) electrons. The summed E-state index contributed by atoms with van der Waals surface area (Å²) >= 11 is 0. The molecule has 5 heavy (non-hydrogen) atoms. The number of rotatable bonds is 0. The van der Waals surface area contributed by atoms with Crippen molar-refractivity contribution in [2.75, 3.05) is 0 Å². The molecule has 0 aromatic rings. The van der Waals surface area contributed by atoms with Gasteiger partial charge in [0, 0.05) is 17.1 Å². The first-order valence-corrected chi connectivity index (χ1v) is 0. The van der Waals surface area contributed by atoms with Gasteiger partial charge in [0.25, 0.3) is 0 Å². The molecule has 0 fully saturated rings. The molecular weight excluding hydrogens is 111 g/mol. The van der Waals surface area contributed by atoms with Gasteiger partial charge in [-0.1, -0.05) is 0 Å². The summed E-state index contributed by atoms with van der Waals surface area (Å²) in [4.78, 5) is 0. The number of hydrogen-bond donors (Lipinski definition) is 0. The van der Waals surface area contributed by atoms with Gasteiger partial charge in [-0.2, -0.15) is 0 Å². The van der Waals surface area contributed by atoms with E-state index in [-0.39, 0.29) is 95.3 Å². The normalized spacial score (nSPS) is 0. The summed E-state index contributed by atoms with van der Waals surface area (Å²) in [6, 6.07) is 0. The van der Waals surface area contributed by atoms with E-state index in [0.717, 1.165) is 0 Å². The van der Waals surface area contributed by atoms with Gasteiger partial charge in [-0.15, -0.1) is 0 Å². The Balaban J connectivity index is 0. The Hall–Kier alpha value is 2.84. The first-order valence-electron chi connectivity index (χ1n) is 0. The van der Waals surface area contributed by atoms with Crippen LogP contribution in [-0.4, -0.2) is 17.4 Å². The predicted molar refractivity (Wildman–Crippen MR) is 13.3 cm³/mol. The van der Waals surface area contributed by atoms with Crippen molar-refractivity contribution in [2.45, 2.75) is 0 Å². The third kappa shape index (κ3) is 19.9. The van der Waals surface area contributed by atoms with Crippen molar-refractivity contribution in [3.8, 4) is 0 Å². The van der Waals surface area contributed by atoms with Crippen LogP contribution in [0.5, 0.6) is 0 Å². The minimum absolute atomic E-state index is 0. The Morgan fingerprint density at radius 2 is 0.800 bits per heavy atom. The molecular formula is H6AlCuLi3. The van der Waals surface area contributed by atoms with Crippen LogP contribution >= 0.6 is 0 Å². The van der Waals surface area contributed by atoms with Crippen molar-refractivity contribution in [2.24, 2.45) is 0 Å². The van der Waals surface area contributed by atoms with Crippen LogP contribution in [0, 0.1) is 0 Å². The largest absolute Gasteiger partial charge is 1.00 e. The maximum atomic E-state index is 0. The second kappa shape index (κ2) is 28.9. The quantitative estimate of drug-likeness (QED) is 0.277. The first-order chi connectivity index (χ1) is 0. The maximum absolute atomic E-state index is 0. The van der Waals surface area contributed by atoms with Crippen LogP contribution in [0.1, 0.15) is 4.28 Å². The Kier molecular flexibility index (Phi) is 263. The molecule has 0 heterocycles. The van der Waals surface area contributed by atoms with E-state index in [1.54, 1.807) is 0 Å². The van der Waals surface area contributed by atoms with Crippen LogP contribution in [0.2, 0.25) is 0 Å². The van der Waals surface area contributed by atoms with E-state index < -0.39 is 0 Å². The molecule has 5 heteroatoms. The minimum Gasteiger partial charge on any atom is -1.00 e. The topological polar surface area (TPSA) is 0 Å². The average Bonchev–Trinajstić information content (AvgIpc) is 0. The van der Waals surface area contributed by atoms with Crippen molar-refractivity contribution in [1.82, 2.24) is 0 Å². The molecule has 0 aromatic carbocycles. The van der Waals surface area contributed by atoms with E-state index in [1.165, 1.54) is 0 Å². The first kappa shape index (κ1) is 45.4. The summed E-state index contributed by atoms with van der Waals surface area (Å²) in [5, 5.41) is 0. The van der Waals surface area contributed by atoms with Crippen LogP contribution in [0.15, 0.2) is 0 Å². The van der Waals surface area contributed by atoms with E-state index >= 15 is 0 Å². The van der Waals surface area contributed by atoms with E-state index in [4.69, 9.17) is 0 Å². The van der Waals surface area contributed by atoms with Crippen LogP contribution in [0.3, 0.4) is 0 Å². The number of hydrogen-bond acceptors (Lipinski definition) is 0. The molecule has 0 aromatic heterocycles. The van der Waals surface area contributed by atoms with Crippen molar-refractivity contribution in [1.29, 1.82) is 0 Å². The summed E-state index contributed by atoms with van der Waals surface area (Å²) in [5.74, 6) is 0.